The van der Waals surface area contributed by atoms with Crippen LogP contribution in [-0.4, -0.2) is 70.6 Å². The molecule has 0 spiro atoms. The van der Waals surface area contributed by atoms with E-state index in [-0.39, 0.29) is 30.6 Å². The van der Waals surface area contributed by atoms with E-state index in [2.05, 4.69) is 21.4 Å². The Morgan fingerprint density at radius 1 is 1.28 bits per heavy atom. The predicted octanol–water partition coefficient (Wildman–Crippen LogP) is 3.59. The van der Waals surface area contributed by atoms with Crippen molar-refractivity contribution in [2.45, 2.75) is 37.9 Å². The molecular weight excluding hydrogens is 499 g/mol. The van der Waals surface area contributed by atoms with Crippen molar-refractivity contribution < 1.29 is 9.90 Å². The first-order valence-corrected chi connectivity index (χ1v) is 12.9. The van der Waals surface area contributed by atoms with Gasteiger partial charge in [0.15, 0.2) is 5.69 Å². The third-order valence-electron chi connectivity index (χ3n) is 7.28. The van der Waals surface area contributed by atoms with E-state index in [1.165, 1.54) is 0 Å². The lowest BCUT2D eigenvalue weighted by Gasteiger charge is -2.42. The molecule has 2 N–H and O–H groups in total. The van der Waals surface area contributed by atoms with E-state index in [0.717, 1.165) is 41.5 Å². The van der Waals surface area contributed by atoms with Gasteiger partial charge in [-0.15, -0.1) is 0 Å². The Balaban J connectivity index is 1.45. The maximum Gasteiger partial charge on any atom is 0.240 e. The van der Waals surface area contributed by atoms with E-state index in [1.807, 2.05) is 40.8 Å². The van der Waals surface area contributed by atoms with Crippen LogP contribution in [0.15, 0.2) is 36.4 Å². The molecule has 2 unspecified atom stereocenters. The molecule has 2 aromatic carbocycles. The fourth-order valence-corrected chi connectivity index (χ4v) is 5.87. The van der Waals surface area contributed by atoms with Gasteiger partial charge in [0.1, 0.15) is 6.07 Å². The average molecular weight is 527 g/mol. The molecule has 2 aliphatic heterocycles. The third-order valence-corrected chi connectivity index (χ3v) is 7.84. The Kier molecular flexibility index (Phi) is 7.09. The van der Waals surface area contributed by atoms with Gasteiger partial charge < -0.3 is 20.2 Å². The minimum atomic E-state index is -0.282. The third kappa shape index (κ3) is 4.53. The Morgan fingerprint density at radius 3 is 2.81 bits per heavy atom. The van der Waals surface area contributed by atoms with E-state index in [4.69, 9.17) is 23.2 Å². The molecule has 1 amide bonds. The van der Waals surface area contributed by atoms with E-state index in [1.54, 1.807) is 12.1 Å². The second kappa shape index (κ2) is 10.3. The van der Waals surface area contributed by atoms with Gasteiger partial charge in [0.25, 0.3) is 0 Å². The number of nitrogens with one attached hydrogen (secondary N) is 1. The highest BCUT2D eigenvalue weighted by Gasteiger charge is 2.35. The molecule has 8 nitrogen and oxygen atoms in total. The minimum Gasteiger partial charge on any atom is -0.394 e. The van der Waals surface area contributed by atoms with Crippen molar-refractivity contribution >= 4 is 45.7 Å². The van der Waals surface area contributed by atoms with Crippen LogP contribution in [0.2, 0.25) is 10.0 Å². The van der Waals surface area contributed by atoms with E-state index in [9.17, 15) is 15.2 Å². The Hall–Kier alpha value is -2.83. The van der Waals surface area contributed by atoms with Gasteiger partial charge in [0.05, 0.1) is 30.2 Å². The molecule has 2 fully saturated rings. The fourth-order valence-electron chi connectivity index (χ4n) is 5.30. The number of piperazine rings is 1. The molecule has 36 heavy (non-hydrogen) atoms. The molecule has 10 heteroatoms. The first kappa shape index (κ1) is 24.8. The number of amides is 1. The van der Waals surface area contributed by atoms with Gasteiger partial charge in [-0.05, 0) is 62.2 Å². The van der Waals surface area contributed by atoms with Crippen LogP contribution in [0.1, 0.15) is 37.1 Å². The molecule has 3 atom stereocenters. The van der Waals surface area contributed by atoms with E-state index >= 15 is 0 Å². The highest BCUT2D eigenvalue weighted by atomic mass is 35.5. The maximum atomic E-state index is 13.0. The number of aliphatic hydroxyl groups excluding tert-OH is 1. The summed E-state index contributed by atoms with van der Waals surface area (Å²) in [6, 6.07) is 12.8. The molecule has 0 bridgehead atoms. The van der Waals surface area contributed by atoms with Gasteiger partial charge in [-0.1, -0.05) is 29.3 Å². The molecule has 5 rings (SSSR count). The number of aliphatic hydroxyl groups is 1. The summed E-state index contributed by atoms with van der Waals surface area (Å²) in [4.78, 5) is 17.0. The number of halogens is 2. The molecule has 188 valence electrons. The number of nitrogens with zero attached hydrogens (tertiary/aromatic N) is 5. The summed E-state index contributed by atoms with van der Waals surface area (Å²) in [5, 5.41) is 29.5. The van der Waals surface area contributed by atoms with Crippen LogP contribution in [0.4, 0.5) is 5.69 Å². The van der Waals surface area contributed by atoms with Crippen LogP contribution in [-0.2, 0) is 4.79 Å². The molecule has 0 radical (unpaired) electrons. The van der Waals surface area contributed by atoms with Crippen LogP contribution >= 0.6 is 23.2 Å². The monoisotopic (exact) mass is 526 g/mol. The zero-order chi connectivity index (χ0) is 25.4. The minimum absolute atomic E-state index is 0.0760. The van der Waals surface area contributed by atoms with Gasteiger partial charge in [-0.25, -0.2) is 0 Å². The zero-order valence-corrected chi connectivity index (χ0v) is 21.5. The van der Waals surface area contributed by atoms with E-state index < -0.39 is 0 Å². The zero-order valence-electron chi connectivity index (χ0n) is 20.0. The summed E-state index contributed by atoms with van der Waals surface area (Å²) in [5.41, 5.74) is 2.97. The SMILES string of the molecule is CC(c1ccc(Cl)cc1Cl)n1nc(C#N)c2ccc(N3CCN(C(=O)C4CCCN4)[C@H](CO)C3)cc21. The lowest BCUT2D eigenvalue weighted by molar-refractivity contribution is -0.136. The normalized spacial score (nSPS) is 21.1. The number of carbonyl (C=O) groups is 1. The van der Waals surface area contributed by atoms with Crippen LogP contribution in [0, 0.1) is 11.3 Å². The van der Waals surface area contributed by atoms with Gasteiger partial charge in [-0.3, -0.25) is 9.48 Å². The molecule has 1 aromatic heterocycles. The van der Waals surface area contributed by atoms with Gasteiger partial charge in [-0.2, -0.15) is 10.4 Å². The number of fused-ring (bicyclic) bond motifs is 1. The summed E-state index contributed by atoms with van der Waals surface area (Å²) in [6.45, 7) is 4.47. The van der Waals surface area contributed by atoms with Crippen LogP contribution < -0.4 is 10.2 Å². The Labute approximate surface area is 220 Å². The second-order valence-electron chi connectivity index (χ2n) is 9.41. The van der Waals surface area contributed by atoms with Crippen molar-refractivity contribution in [1.82, 2.24) is 20.0 Å². The lowest BCUT2D eigenvalue weighted by atomic mass is 10.1. The quantitative estimate of drug-likeness (QED) is 0.527. The molecule has 2 saturated heterocycles. The van der Waals surface area contributed by atoms with Gasteiger partial charge in [0.2, 0.25) is 5.91 Å². The van der Waals surface area contributed by atoms with Crippen molar-refractivity contribution in [2.24, 2.45) is 0 Å². The van der Waals surface area contributed by atoms with Crippen LogP contribution in [0.25, 0.3) is 10.9 Å². The topological polar surface area (TPSA) is 97.4 Å². The molecule has 0 aliphatic carbocycles. The summed E-state index contributed by atoms with van der Waals surface area (Å²) in [6.07, 6.45) is 1.84. The van der Waals surface area contributed by atoms with Crippen molar-refractivity contribution in [1.29, 1.82) is 5.26 Å². The lowest BCUT2D eigenvalue weighted by Crippen LogP contribution is -2.59. The maximum absolute atomic E-state index is 13.0. The van der Waals surface area contributed by atoms with Crippen molar-refractivity contribution in [3.05, 3.63) is 57.7 Å². The number of hydrogen-bond donors (Lipinski definition) is 2. The predicted molar refractivity (Wildman–Crippen MR) is 141 cm³/mol. The largest absolute Gasteiger partial charge is 0.394 e. The number of anilines is 1. The van der Waals surface area contributed by atoms with Crippen LogP contribution in [0.5, 0.6) is 0 Å². The summed E-state index contributed by atoms with van der Waals surface area (Å²) in [7, 11) is 0. The molecule has 3 heterocycles. The standard InChI is InChI=1S/C26H28Cl2N6O2/c1-16(20-6-4-17(27)11-22(20)28)34-25-12-18(5-7-21(25)24(13-29)31-34)32-9-10-33(19(14-32)15-35)26(36)23-3-2-8-30-23/h4-7,11-12,16,19,23,30,35H,2-3,8-10,14-15H2,1H3/t16?,19-,23?/m0/s1. The summed E-state index contributed by atoms with van der Waals surface area (Å²) < 4.78 is 1.82. The smallest absolute Gasteiger partial charge is 0.240 e. The highest BCUT2D eigenvalue weighted by molar-refractivity contribution is 6.35. The van der Waals surface area contributed by atoms with E-state index in [0.29, 0.717) is 35.4 Å². The highest BCUT2D eigenvalue weighted by Crippen LogP contribution is 2.33. The van der Waals surface area contributed by atoms with Crippen molar-refractivity contribution in [3.63, 3.8) is 0 Å². The molecule has 0 saturated carbocycles. The van der Waals surface area contributed by atoms with Gasteiger partial charge in [0, 0.05) is 40.8 Å². The number of aromatic nitrogens is 2. The number of nitriles is 1. The number of benzene rings is 2. The summed E-state index contributed by atoms with van der Waals surface area (Å²) >= 11 is 12.6. The average Bonchev–Trinajstić information content (AvgIpc) is 3.55. The first-order chi connectivity index (χ1) is 17.4. The van der Waals surface area contributed by atoms with Crippen molar-refractivity contribution in [2.75, 3.05) is 37.7 Å². The number of rotatable bonds is 5. The Bertz CT molecular complexity index is 1330. The molecular formula is C26H28Cl2N6O2. The first-order valence-electron chi connectivity index (χ1n) is 12.2. The molecule has 2 aliphatic rings. The number of carbonyl (C=O) groups excluding carboxylic acids is 1. The molecule has 3 aromatic rings. The summed E-state index contributed by atoms with van der Waals surface area (Å²) in [5.74, 6) is 0.0760. The second-order valence-corrected chi connectivity index (χ2v) is 10.3. The van der Waals surface area contributed by atoms with Gasteiger partial charge >= 0.3 is 0 Å². The fraction of sp³-hybridized carbons (Fsp3) is 0.423. The van der Waals surface area contributed by atoms with Crippen LogP contribution in [0.3, 0.4) is 0 Å². The number of hydrogen-bond acceptors (Lipinski definition) is 6. The Morgan fingerprint density at radius 2 is 2.11 bits per heavy atom. The van der Waals surface area contributed by atoms with Crippen molar-refractivity contribution in [3.8, 4) is 6.07 Å².